The predicted octanol–water partition coefficient (Wildman–Crippen LogP) is 2.50. The van der Waals surface area contributed by atoms with Gasteiger partial charge in [0.2, 0.25) is 5.91 Å². The molecule has 0 bridgehead atoms. The number of nitrogens with zero attached hydrogens (tertiary/aromatic N) is 1. The Kier molecular flexibility index (Phi) is 5.70. The summed E-state index contributed by atoms with van der Waals surface area (Å²) in [5.41, 5.74) is 1.10. The van der Waals surface area contributed by atoms with Crippen LogP contribution < -0.4 is 10.6 Å². The molecule has 0 saturated heterocycles. The summed E-state index contributed by atoms with van der Waals surface area (Å²) < 4.78 is 0. The molecule has 1 aromatic heterocycles. The molecule has 1 amide bonds. The largest absolute Gasteiger partial charge is 0.351 e. The molecule has 1 atom stereocenters. The molecule has 0 aliphatic carbocycles. The van der Waals surface area contributed by atoms with Crippen molar-refractivity contribution in [3.63, 3.8) is 0 Å². The number of hydrogen-bond acceptors (Lipinski definition) is 4. The van der Waals surface area contributed by atoms with Crippen LogP contribution in [0.15, 0.2) is 41.9 Å². The molecule has 1 unspecified atom stereocenters. The van der Waals surface area contributed by atoms with Gasteiger partial charge in [-0.25, -0.2) is 4.98 Å². The smallest absolute Gasteiger partial charge is 0.234 e. The number of nitrogens with one attached hydrogen (secondary N) is 2. The van der Waals surface area contributed by atoms with Crippen molar-refractivity contribution in [1.82, 2.24) is 15.6 Å². The van der Waals surface area contributed by atoms with Crippen LogP contribution in [0.5, 0.6) is 0 Å². The fourth-order valence-corrected chi connectivity index (χ4v) is 2.68. The molecule has 5 heteroatoms. The standard InChI is InChI=1S/C15H19N3OS/c1-2-13(15-16-8-9-20-15)17-11-14(19)18-10-12-6-4-3-5-7-12/h3-9,13,17H,2,10-11H2,1H3,(H,18,19). The molecule has 106 valence electrons. The van der Waals surface area contributed by atoms with Gasteiger partial charge in [0.05, 0.1) is 12.6 Å². The Hall–Kier alpha value is -1.72. The maximum atomic E-state index is 11.8. The predicted molar refractivity (Wildman–Crippen MR) is 81.4 cm³/mol. The van der Waals surface area contributed by atoms with Crippen molar-refractivity contribution in [2.45, 2.75) is 25.9 Å². The Morgan fingerprint density at radius 3 is 2.80 bits per heavy atom. The summed E-state index contributed by atoms with van der Waals surface area (Å²) in [5, 5.41) is 9.13. The van der Waals surface area contributed by atoms with Crippen molar-refractivity contribution >= 4 is 17.2 Å². The zero-order valence-electron chi connectivity index (χ0n) is 11.5. The molecule has 0 fully saturated rings. The molecular weight excluding hydrogens is 270 g/mol. The zero-order chi connectivity index (χ0) is 14.2. The lowest BCUT2D eigenvalue weighted by Crippen LogP contribution is -2.35. The van der Waals surface area contributed by atoms with E-state index in [1.165, 1.54) is 0 Å². The molecule has 0 saturated carbocycles. The maximum Gasteiger partial charge on any atom is 0.234 e. The van der Waals surface area contributed by atoms with E-state index in [1.54, 1.807) is 17.5 Å². The topological polar surface area (TPSA) is 54.0 Å². The number of carbonyl (C=O) groups excluding carboxylic acids is 1. The average Bonchev–Trinajstić information content (AvgIpc) is 3.01. The highest BCUT2D eigenvalue weighted by Crippen LogP contribution is 2.18. The van der Waals surface area contributed by atoms with E-state index < -0.39 is 0 Å². The molecule has 1 heterocycles. The van der Waals surface area contributed by atoms with Crippen molar-refractivity contribution in [3.8, 4) is 0 Å². The van der Waals surface area contributed by atoms with Crippen molar-refractivity contribution in [2.75, 3.05) is 6.54 Å². The van der Waals surface area contributed by atoms with Gasteiger partial charge in [0.25, 0.3) is 0 Å². The summed E-state index contributed by atoms with van der Waals surface area (Å²) in [7, 11) is 0. The van der Waals surface area contributed by atoms with Crippen LogP contribution in [0, 0.1) is 0 Å². The molecule has 20 heavy (non-hydrogen) atoms. The number of benzene rings is 1. The summed E-state index contributed by atoms with van der Waals surface area (Å²) >= 11 is 1.61. The van der Waals surface area contributed by atoms with E-state index in [1.807, 2.05) is 35.7 Å². The van der Waals surface area contributed by atoms with Crippen molar-refractivity contribution < 1.29 is 4.79 Å². The summed E-state index contributed by atoms with van der Waals surface area (Å²) in [6.45, 7) is 2.96. The van der Waals surface area contributed by atoms with E-state index >= 15 is 0 Å². The molecule has 0 spiro atoms. The van der Waals surface area contributed by atoms with Crippen LogP contribution >= 0.6 is 11.3 Å². The normalized spacial score (nSPS) is 12.1. The summed E-state index contributed by atoms with van der Waals surface area (Å²) in [6.07, 6.45) is 2.71. The van der Waals surface area contributed by atoms with Crippen LogP contribution in [0.25, 0.3) is 0 Å². The molecule has 0 aliphatic rings. The Morgan fingerprint density at radius 2 is 2.15 bits per heavy atom. The zero-order valence-corrected chi connectivity index (χ0v) is 12.3. The fourth-order valence-electron chi connectivity index (χ4n) is 1.89. The third-order valence-corrected chi connectivity index (χ3v) is 3.89. The molecular formula is C15H19N3OS. The van der Waals surface area contributed by atoms with E-state index in [4.69, 9.17) is 0 Å². The SMILES string of the molecule is CCC(NCC(=O)NCc1ccccc1)c1nccs1. The molecule has 0 aliphatic heterocycles. The number of carbonyl (C=O) groups is 1. The summed E-state index contributed by atoms with van der Waals surface area (Å²) in [6, 6.07) is 10.0. The Balaban J connectivity index is 1.74. The van der Waals surface area contributed by atoms with Gasteiger partial charge in [-0.2, -0.15) is 0 Å². The van der Waals surface area contributed by atoms with Gasteiger partial charge >= 0.3 is 0 Å². The van der Waals surface area contributed by atoms with Crippen LogP contribution in [0.1, 0.15) is 30.0 Å². The second-order valence-electron chi connectivity index (χ2n) is 4.47. The average molecular weight is 289 g/mol. The minimum atomic E-state index is 0.00357. The number of thiazole rings is 1. The molecule has 2 N–H and O–H groups in total. The molecule has 4 nitrogen and oxygen atoms in total. The highest BCUT2D eigenvalue weighted by molar-refractivity contribution is 7.09. The molecule has 0 radical (unpaired) electrons. The third-order valence-electron chi connectivity index (χ3n) is 3.00. The van der Waals surface area contributed by atoms with Crippen molar-refractivity contribution in [3.05, 3.63) is 52.5 Å². The third kappa shape index (κ3) is 4.43. The van der Waals surface area contributed by atoms with Crippen molar-refractivity contribution in [2.24, 2.45) is 0 Å². The minimum absolute atomic E-state index is 0.00357. The lowest BCUT2D eigenvalue weighted by molar-refractivity contribution is -0.120. The lowest BCUT2D eigenvalue weighted by Gasteiger charge is -2.14. The van der Waals surface area contributed by atoms with Crippen LogP contribution in [-0.4, -0.2) is 17.4 Å². The molecule has 2 rings (SSSR count). The van der Waals surface area contributed by atoms with Crippen LogP contribution in [0.2, 0.25) is 0 Å². The van der Waals surface area contributed by atoms with Gasteiger partial charge in [0, 0.05) is 18.1 Å². The van der Waals surface area contributed by atoms with Gasteiger partial charge in [-0.1, -0.05) is 37.3 Å². The van der Waals surface area contributed by atoms with Gasteiger partial charge in [-0.05, 0) is 12.0 Å². The number of hydrogen-bond donors (Lipinski definition) is 2. The first-order chi connectivity index (χ1) is 9.79. The Bertz CT molecular complexity index is 513. The fraction of sp³-hybridized carbons (Fsp3) is 0.333. The lowest BCUT2D eigenvalue weighted by atomic mass is 10.2. The van der Waals surface area contributed by atoms with Gasteiger partial charge in [0.1, 0.15) is 5.01 Å². The highest BCUT2D eigenvalue weighted by Gasteiger charge is 2.12. The van der Waals surface area contributed by atoms with Crippen LogP contribution in [0.4, 0.5) is 0 Å². The van der Waals surface area contributed by atoms with E-state index in [0.29, 0.717) is 13.1 Å². The first-order valence-electron chi connectivity index (χ1n) is 6.73. The number of aromatic nitrogens is 1. The molecule has 2 aromatic rings. The Labute approximate surface area is 123 Å². The maximum absolute atomic E-state index is 11.8. The monoisotopic (exact) mass is 289 g/mol. The van der Waals surface area contributed by atoms with Gasteiger partial charge in [0.15, 0.2) is 0 Å². The highest BCUT2D eigenvalue weighted by atomic mass is 32.1. The number of amides is 1. The van der Waals surface area contributed by atoms with Gasteiger partial charge < -0.3 is 5.32 Å². The van der Waals surface area contributed by atoms with E-state index in [-0.39, 0.29) is 11.9 Å². The summed E-state index contributed by atoms with van der Waals surface area (Å²) in [5.74, 6) is 0.00357. The minimum Gasteiger partial charge on any atom is -0.351 e. The van der Waals surface area contributed by atoms with Gasteiger partial charge in [-0.3, -0.25) is 10.1 Å². The second-order valence-corrected chi connectivity index (χ2v) is 5.40. The first kappa shape index (κ1) is 14.7. The summed E-state index contributed by atoms with van der Waals surface area (Å²) in [4.78, 5) is 16.1. The molecule has 1 aromatic carbocycles. The second kappa shape index (κ2) is 7.77. The van der Waals surface area contributed by atoms with E-state index in [9.17, 15) is 4.79 Å². The van der Waals surface area contributed by atoms with Crippen molar-refractivity contribution in [1.29, 1.82) is 0 Å². The van der Waals surface area contributed by atoms with Crippen LogP contribution in [-0.2, 0) is 11.3 Å². The Morgan fingerprint density at radius 1 is 1.35 bits per heavy atom. The van der Waals surface area contributed by atoms with E-state index in [2.05, 4.69) is 22.5 Å². The quantitative estimate of drug-likeness (QED) is 0.823. The van der Waals surface area contributed by atoms with Gasteiger partial charge in [-0.15, -0.1) is 11.3 Å². The first-order valence-corrected chi connectivity index (χ1v) is 7.61. The van der Waals surface area contributed by atoms with Crippen LogP contribution in [0.3, 0.4) is 0 Å². The number of rotatable bonds is 7. The van der Waals surface area contributed by atoms with E-state index in [0.717, 1.165) is 17.0 Å².